The van der Waals surface area contributed by atoms with Gasteiger partial charge >= 0.3 is 0 Å². The number of methoxy groups -OCH3 is 1. The van der Waals surface area contributed by atoms with Crippen molar-refractivity contribution in [3.05, 3.63) is 52.5 Å². The van der Waals surface area contributed by atoms with Crippen molar-refractivity contribution in [2.45, 2.75) is 31.1 Å². The quantitative estimate of drug-likeness (QED) is 0.702. The van der Waals surface area contributed by atoms with Gasteiger partial charge < -0.3 is 10.5 Å². The zero-order chi connectivity index (χ0) is 22.1. The molecular formula is C21H23ClN2O5S. The molecule has 0 bridgehead atoms. The normalized spacial score (nSPS) is 17.7. The summed E-state index contributed by atoms with van der Waals surface area (Å²) < 4.78 is 32.4. The number of nitrogens with two attached hydrogens (primary N) is 1. The van der Waals surface area contributed by atoms with Crippen LogP contribution in [-0.4, -0.2) is 38.1 Å². The number of rotatable bonds is 5. The molecule has 2 N–H and O–H groups in total. The number of hydrogen-bond acceptors (Lipinski definition) is 6. The second-order valence-corrected chi connectivity index (χ2v) is 9.60. The Morgan fingerprint density at radius 3 is 2.60 bits per heavy atom. The van der Waals surface area contributed by atoms with Gasteiger partial charge in [-0.2, -0.15) is 0 Å². The van der Waals surface area contributed by atoms with Crippen LogP contribution in [0, 0.1) is 12.8 Å². The maximum atomic E-state index is 13.2. The van der Waals surface area contributed by atoms with Crippen LogP contribution in [0.3, 0.4) is 0 Å². The summed E-state index contributed by atoms with van der Waals surface area (Å²) in [5, 5.41) is 0.475. The van der Waals surface area contributed by atoms with Crippen LogP contribution in [0.4, 0.5) is 5.69 Å². The Balaban J connectivity index is 1.97. The van der Waals surface area contributed by atoms with E-state index in [0.717, 1.165) is 5.56 Å². The lowest BCUT2D eigenvalue weighted by Gasteiger charge is -2.24. The molecular weight excluding hydrogens is 428 g/mol. The maximum Gasteiger partial charge on any atom is 0.266 e. The van der Waals surface area contributed by atoms with E-state index < -0.39 is 28.4 Å². The van der Waals surface area contributed by atoms with Crippen molar-refractivity contribution in [2.75, 3.05) is 19.4 Å². The fourth-order valence-electron chi connectivity index (χ4n) is 3.45. The number of anilines is 1. The van der Waals surface area contributed by atoms with Gasteiger partial charge in [0.1, 0.15) is 5.75 Å². The fraction of sp³-hybridized carbons (Fsp3) is 0.333. The van der Waals surface area contributed by atoms with Gasteiger partial charge in [-0.25, -0.2) is 12.7 Å². The minimum absolute atomic E-state index is 0.112. The van der Waals surface area contributed by atoms with Crippen molar-refractivity contribution in [2.24, 2.45) is 5.92 Å². The molecule has 1 atom stereocenters. The molecule has 7 nitrogen and oxygen atoms in total. The molecule has 1 fully saturated rings. The average molecular weight is 451 g/mol. The molecule has 1 heterocycles. The molecule has 0 spiro atoms. The molecule has 0 aliphatic carbocycles. The van der Waals surface area contributed by atoms with Gasteiger partial charge in [0.05, 0.1) is 18.6 Å². The minimum Gasteiger partial charge on any atom is -0.496 e. The molecule has 1 amide bonds. The Hall–Kier alpha value is -2.58. The first-order chi connectivity index (χ1) is 14.1. The van der Waals surface area contributed by atoms with Crippen molar-refractivity contribution < 1.29 is 22.7 Å². The van der Waals surface area contributed by atoms with Gasteiger partial charge in [-0.15, -0.1) is 0 Å². The zero-order valence-electron chi connectivity index (χ0n) is 16.7. The van der Waals surface area contributed by atoms with Crippen LogP contribution in [0.15, 0.2) is 41.3 Å². The number of amides is 1. The number of nitrogen functional groups attached to an aromatic ring is 1. The maximum absolute atomic E-state index is 13.2. The van der Waals surface area contributed by atoms with Gasteiger partial charge in [0, 0.05) is 23.0 Å². The lowest BCUT2D eigenvalue weighted by atomic mass is 9.93. The van der Waals surface area contributed by atoms with E-state index in [4.69, 9.17) is 22.1 Å². The molecule has 0 aromatic heterocycles. The van der Waals surface area contributed by atoms with E-state index >= 15 is 0 Å². The molecule has 2 aromatic carbocycles. The number of ether oxygens (including phenoxy) is 1. The highest BCUT2D eigenvalue weighted by molar-refractivity contribution is 7.89. The molecule has 3 rings (SSSR count). The molecule has 0 radical (unpaired) electrons. The van der Waals surface area contributed by atoms with Crippen LogP contribution >= 0.6 is 11.6 Å². The summed E-state index contributed by atoms with van der Waals surface area (Å²) in [6, 6.07) is 9.30. The Bertz CT molecular complexity index is 1100. The SMILES string of the molecule is COc1ccc(Cl)cc1CC1CCC(=O)CN(S(=O)(=O)c2ccc(C)c(N)c2)C1=O. The molecule has 1 saturated heterocycles. The van der Waals surface area contributed by atoms with Gasteiger partial charge in [0.15, 0.2) is 5.78 Å². The van der Waals surface area contributed by atoms with Gasteiger partial charge in [-0.05, 0) is 61.2 Å². The molecule has 1 aliphatic heterocycles. The third-order valence-electron chi connectivity index (χ3n) is 5.23. The second-order valence-electron chi connectivity index (χ2n) is 7.30. The Morgan fingerprint density at radius 2 is 1.93 bits per heavy atom. The summed E-state index contributed by atoms with van der Waals surface area (Å²) >= 11 is 6.08. The van der Waals surface area contributed by atoms with Crippen LogP contribution in [0.1, 0.15) is 24.0 Å². The number of halogens is 1. The number of carbonyl (C=O) groups is 2. The van der Waals surface area contributed by atoms with Crippen molar-refractivity contribution >= 4 is 39.0 Å². The first-order valence-electron chi connectivity index (χ1n) is 9.40. The Labute approximate surface area is 180 Å². The smallest absolute Gasteiger partial charge is 0.266 e. The lowest BCUT2D eigenvalue weighted by Crippen LogP contribution is -2.42. The molecule has 0 saturated carbocycles. The largest absolute Gasteiger partial charge is 0.496 e. The van der Waals surface area contributed by atoms with E-state index in [1.807, 2.05) is 0 Å². The number of nitrogens with zero attached hydrogens (tertiary/aromatic N) is 1. The summed E-state index contributed by atoms with van der Waals surface area (Å²) in [5.41, 5.74) is 7.55. The zero-order valence-corrected chi connectivity index (χ0v) is 18.3. The fourth-order valence-corrected chi connectivity index (χ4v) is 5.12. The van der Waals surface area contributed by atoms with E-state index in [9.17, 15) is 18.0 Å². The summed E-state index contributed by atoms with van der Waals surface area (Å²) in [7, 11) is -2.73. The third-order valence-corrected chi connectivity index (χ3v) is 7.21. The molecule has 1 unspecified atom stereocenters. The van der Waals surface area contributed by atoms with Gasteiger partial charge in [0.2, 0.25) is 5.91 Å². The van der Waals surface area contributed by atoms with Crippen LogP contribution < -0.4 is 10.5 Å². The van der Waals surface area contributed by atoms with E-state index in [-0.39, 0.29) is 29.9 Å². The highest BCUT2D eigenvalue weighted by Gasteiger charge is 2.38. The second kappa shape index (κ2) is 8.65. The van der Waals surface area contributed by atoms with Crippen molar-refractivity contribution in [1.29, 1.82) is 0 Å². The molecule has 2 aromatic rings. The predicted molar refractivity (Wildman–Crippen MR) is 114 cm³/mol. The number of sulfonamides is 1. The number of hydrogen-bond donors (Lipinski definition) is 1. The number of aryl methyl sites for hydroxylation is 1. The van der Waals surface area contributed by atoms with Gasteiger partial charge in [-0.1, -0.05) is 17.7 Å². The molecule has 30 heavy (non-hydrogen) atoms. The first-order valence-corrected chi connectivity index (χ1v) is 11.2. The molecule has 9 heteroatoms. The third kappa shape index (κ3) is 4.44. The van der Waals surface area contributed by atoms with Gasteiger partial charge in [-0.3, -0.25) is 9.59 Å². The summed E-state index contributed by atoms with van der Waals surface area (Å²) in [5.74, 6) is -1.10. The minimum atomic E-state index is -4.23. The first kappa shape index (κ1) is 22.1. The average Bonchev–Trinajstić information content (AvgIpc) is 2.84. The lowest BCUT2D eigenvalue weighted by molar-refractivity contribution is -0.131. The van der Waals surface area contributed by atoms with E-state index in [2.05, 4.69) is 0 Å². The predicted octanol–water partition coefficient (Wildman–Crippen LogP) is 2.98. The van der Waals surface area contributed by atoms with Crippen LogP contribution in [0.25, 0.3) is 0 Å². The van der Waals surface area contributed by atoms with E-state index in [0.29, 0.717) is 26.3 Å². The summed E-state index contributed by atoms with van der Waals surface area (Å²) in [6.45, 7) is 1.26. The number of ketones is 1. The highest BCUT2D eigenvalue weighted by atomic mass is 35.5. The number of carbonyl (C=O) groups excluding carboxylic acids is 2. The van der Waals surface area contributed by atoms with Crippen LogP contribution in [0.2, 0.25) is 5.02 Å². The van der Waals surface area contributed by atoms with E-state index in [1.165, 1.54) is 19.2 Å². The molecule has 1 aliphatic rings. The Kier molecular flexibility index (Phi) is 6.38. The monoisotopic (exact) mass is 450 g/mol. The van der Waals surface area contributed by atoms with Gasteiger partial charge in [0.25, 0.3) is 10.0 Å². The summed E-state index contributed by atoms with van der Waals surface area (Å²) in [6.07, 6.45) is 0.564. The van der Waals surface area contributed by atoms with E-state index in [1.54, 1.807) is 31.2 Å². The van der Waals surface area contributed by atoms with Crippen LogP contribution in [0.5, 0.6) is 5.75 Å². The Morgan fingerprint density at radius 1 is 1.20 bits per heavy atom. The number of Topliss-reactive ketones (excluding diaryl/α,β-unsaturated/α-hetero) is 1. The number of benzene rings is 2. The molecule has 160 valence electrons. The summed E-state index contributed by atoms with van der Waals surface area (Å²) in [4.78, 5) is 25.4. The van der Waals surface area contributed by atoms with Crippen LogP contribution in [-0.2, 0) is 26.0 Å². The van der Waals surface area contributed by atoms with Crippen molar-refractivity contribution in [1.82, 2.24) is 4.31 Å². The van der Waals surface area contributed by atoms with Crippen molar-refractivity contribution in [3.8, 4) is 5.75 Å². The van der Waals surface area contributed by atoms with Crippen molar-refractivity contribution in [3.63, 3.8) is 0 Å². The highest BCUT2D eigenvalue weighted by Crippen LogP contribution is 2.31. The topological polar surface area (TPSA) is 107 Å². The standard InChI is InChI=1S/C21H23ClN2O5S/c1-13-3-7-18(11-19(13)23)30(27,28)24-12-17(25)6-4-14(21(24)26)9-15-10-16(22)5-8-20(15)29-2/h3,5,7-8,10-11,14H,4,6,9,12,23H2,1-2H3.